The Kier molecular flexibility index (Phi) is 2.76. The second kappa shape index (κ2) is 4.25. The molecule has 3 rings (SSSR count). The number of nitrogens with zero attached hydrogens (tertiary/aromatic N) is 1. The summed E-state index contributed by atoms with van der Waals surface area (Å²) in [6.45, 7) is 2.24. The molecule has 1 heterocycles. The Bertz CT molecular complexity index is 355. The molecule has 0 amide bonds. The van der Waals surface area contributed by atoms with E-state index in [0.717, 1.165) is 24.3 Å². The largest absolute Gasteiger partial charge is 0.354 e. The molecule has 0 spiro atoms. The maximum Gasteiger partial charge on any atom is 0.0250 e. The van der Waals surface area contributed by atoms with Crippen LogP contribution < -0.4 is 5.32 Å². The summed E-state index contributed by atoms with van der Waals surface area (Å²) >= 11 is 0. The zero-order chi connectivity index (χ0) is 11.0. The van der Waals surface area contributed by atoms with Crippen molar-refractivity contribution < 1.29 is 0 Å². The van der Waals surface area contributed by atoms with Gasteiger partial charge in [-0.3, -0.25) is 0 Å². The van der Waals surface area contributed by atoms with Crippen LogP contribution >= 0.6 is 0 Å². The quantitative estimate of drug-likeness (QED) is 0.822. The molecule has 0 radical (unpaired) electrons. The molecule has 2 heteroatoms. The van der Waals surface area contributed by atoms with Gasteiger partial charge in [-0.1, -0.05) is 6.42 Å². The lowest BCUT2D eigenvalue weighted by molar-refractivity contribution is 0.296. The summed E-state index contributed by atoms with van der Waals surface area (Å²) in [5, 5.41) is 3.20. The third-order valence-corrected chi connectivity index (χ3v) is 4.52. The summed E-state index contributed by atoms with van der Waals surface area (Å²) in [4.78, 5) is 0. The highest BCUT2D eigenvalue weighted by molar-refractivity contribution is 5.10. The van der Waals surface area contributed by atoms with E-state index < -0.39 is 0 Å². The van der Waals surface area contributed by atoms with Gasteiger partial charge in [-0.25, -0.2) is 0 Å². The van der Waals surface area contributed by atoms with Gasteiger partial charge in [0.1, 0.15) is 0 Å². The molecule has 2 aliphatic rings. The average molecular weight is 218 g/mol. The fourth-order valence-corrected chi connectivity index (χ4v) is 3.78. The van der Waals surface area contributed by atoms with Crippen molar-refractivity contribution in [1.29, 1.82) is 0 Å². The number of rotatable bonds is 4. The normalized spacial score (nSPS) is 32.4. The van der Waals surface area contributed by atoms with E-state index in [4.69, 9.17) is 0 Å². The maximum atomic E-state index is 3.20. The van der Waals surface area contributed by atoms with Crippen molar-refractivity contribution >= 4 is 0 Å². The van der Waals surface area contributed by atoms with Crippen LogP contribution in [0, 0.1) is 17.8 Å². The molecule has 16 heavy (non-hydrogen) atoms. The molecular weight excluding hydrogens is 196 g/mol. The third-order valence-electron chi connectivity index (χ3n) is 4.52. The first kappa shape index (κ1) is 10.4. The third kappa shape index (κ3) is 1.91. The second-order valence-electron chi connectivity index (χ2n) is 5.68. The van der Waals surface area contributed by atoms with E-state index in [2.05, 4.69) is 28.3 Å². The number of hydrogen-bond acceptors (Lipinski definition) is 1. The SMILES string of the molecule is CNCc1ccn(CC2CC3CCC2C3)c1. The molecule has 88 valence electrons. The summed E-state index contributed by atoms with van der Waals surface area (Å²) in [6.07, 6.45) is 10.6. The molecular formula is C14H22N2. The number of nitrogens with one attached hydrogen (secondary N) is 1. The van der Waals surface area contributed by atoms with Crippen LogP contribution in [0.1, 0.15) is 31.2 Å². The maximum absolute atomic E-state index is 3.20. The van der Waals surface area contributed by atoms with E-state index in [-0.39, 0.29) is 0 Å². The molecule has 1 aromatic heterocycles. The average Bonchev–Trinajstić information content (AvgIpc) is 2.95. The van der Waals surface area contributed by atoms with Gasteiger partial charge < -0.3 is 9.88 Å². The van der Waals surface area contributed by atoms with Crippen molar-refractivity contribution in [2.75, 3.05) is 7.05 Å². The van der Waals surface area contributed by atoms with Crippen LogP contribution in [0.15, 0.2) is 18.5 Å². The van der Waals surface area contributed by atoms with Crippen LogP contribution in [0.5, 0.6) is 0 Å². The molecule has 2 saturated carbocycles. The molecule has 2 bridgehead atoms. The van der Waals surface area contributed by atoms with E-state index in [9.17, 15) is 0 Å². The fourth-order valence-electron chi connectivity index (χ4n) is 3.78. The minimum absolute atomic E-state index is 0.966. The van der Waals surface area contributed by atoms with Crippen LogP contribution in [0.25, 0.3) is 0 Å². The Morgan fingerprint density at radius 2 is 2.31 bits per heavy atom. The molecule has 0 aliphatic heterocycles. The minimum Gasteiger partial charge on any atom is -0.354 e. The van der Waals surface area contributed by atoms with Crippen molar-refractivity contribution in [3.05, 3.63) is 24.0 Å². The van der Waals surface area contributed by atoms with E-state index in [1.165, 1.54) is 37.8 Å². The molecule has 1 N–H and O–H groups in total. The lowest BCUT2D eigenvalue weighted by Crippen LogP contribution is -2.16. The Hall–Kier alpha value is -0.760. The van der Waals surface area contributed by atoms with Gasteiger partial charge in [0.15, 0.2) is 0 Å². The van der Waals surface area contributed by atoms with Gasteiger partial charge in [-0.05, 0) is 55.7 Å². The van der Waals surface area contributed by atoms with Gasteiger partial charge in [0, 0.05) is 25.5 Å². The number of hydrogen-bond donors (Lipinski definition) is 1. The first-order chi connectivity index (χ1) is 7.85. The second-order valence-corrected chi connectivity index (χ2v) is 5.68. The lowest BCUT2D eigenvalue weighted by Gasteiger charge is -2.21. The molecule has 2 nitrogen and oxygen atoms in total. The Balaban J connectivity index is 1.61. The van der Waals surface area contributed by atoms with E-state index in [1.807, 2.05) is 7.05 Å². The fraction of sp³-hybridized carbons (Fsp3) is 0.714. The molecule has 3 atom stereocenters. The van der Waals surface area contributed by atoms with Gasteiger partial charge in [-0.15, -0.1) is 0 Å². The van der Waals surface area contributed by atoms with Crippen molar-refractivity contribution in [2.24, 2.45) is 17.8 Å². The summed E-state index contributed by atoms with van der Waals surface area (Å²) in [5.74, 6) is 3.08. The van der Waals surface area contributed by atoms with Crippen LogP contribution in [0.2, 0.25) is 0 Å². The topological polar surface area (TPSA) is 17.0 Å². The summed E-state index contributed by atoms with van der Waals surface area (Å²) in [6, 6.07) is 2.24. The van der Waals surface area contributed by atoms with E-state index in [0.29, 0.717) is 0 Å². The molecule has 2 fully saturated rings. The lowest BCUT2D eigenvalue weighted by atomic mass is 9.89. The van der Waals surface area contributed by atoms with E-state index >= 15 is 0 Å². The predicted molar refractivity (Wildman–Crippen MR) is 66.1 cm³/mol. The summed E-state index contributed by atoms with van der Waals surface area (Å²) in [5.41, 5.74) is 1.41. The van der Waals surface area contributed by atoms with Crippen LogP contribution in [0.4, 0.5) is 0 Å². The van der Waals surface area contributed by atoms with Crippen molar-refractivity contribution in [3.8, 4) is 0 Å². The molecule has 1 aromatic rings. The monoisotopic (exact) mass is 218 g/mol. The minimum atomic E-state index is 0.966. The number of fused-ring (bicyclic) bond motifs is 2. The zero-order valence-corrected chi connectivity index (χ0v) is 10.2. The number of aromatic nitrogens is 1. The standard InChI is InChI=1S/C14H22N2/c1-15-8-12-4-5-16(9-12)10-14-7-11-2-3-13(14)6-11/h4-5,9,11,13-15H,2-3,6-8,10H2,1H3. The van der Waals surface area contributed by atoms with Gasteiger partial charge in [-0.2, -0.15) is 0 Å². The van der Waals surface area contributed by atoms with Crippen LogP contribution in [-0.2, 0) is 13.1 Å². The predicted octanol–water partition coefficient (Wildman–Crippen LogP) is 2.64. The zero-order valence-electron chi connectivity index (χ0n) is 10.2. The van der Waals surface area contributed by atoms with Crippen molar-refractivity contribution in [2.45, 2.75) is 38.8 Å². The highest BCUT2D eigenvalue weighted by Crippen LogP contribution is 2.48. The van der Waals surface area contributed by atoms with Gasteiger partial charge in [0.2, 0.25) is 0 Å². The molecule has 0 saturated heterocycles. The summed E-state index contributed by atoms with van der Waals surface area (Å²) in [7, 11) is 2.01. The highest BCUT2D eigenvalue weighted by Gasteiger charge is 2.39. The molecule has 0 aromatic carbocycles. The highest BCUT2D eigenvalue weighted by atomic mass is 15.0. The Morgan fingerprint density at radius 1 is 1.38 bits per heavy atom. The first-order valence-corrected chi connectivity index (χ1v) is 6.64. The summed E-state index contributed by atoms with van der Waals surface area (Å²) < 4.78 is 2.40. The Labute approximate surface area is 98.0 Å². The first-order valence-electron chi connectivity index (χ1n) is 6.64. The van der Waals surface area contributed by atoms with Crippen LogP contribution in [-0.4, -0.2) is 11.6 Å². The van der Waals surface area contributed by atoms with Crippen molar-refractivity contribution in [1.82, 2.24) is 9.88 Å². The van der Waals surface area contributed by atoms with Crippen LogP contribution in [0.3, 0.4) is 0 Å². The van der Waals surface area contributed by atoms with E-state index in [1.54, 1.807) is 0 Å². The van der Waals surface area contributed by atoms with Crippen molar-refractivity contribution in [3.63, 3.8) is 0 Å². The Morgan fingerprint density at radius 3 is 3.00 bits per heavy atom. The van der Waals surface area contributed by atoms with Gasteiger partial charge >= 0.3 is 0 Å². The molecule has 2 aliphatic carbocycles. The van der Waals surface area contributed by atoms with Gasteiger partial charge in [0.25, 0.3) is 0 Å². The van der Waals surface area contributed by atoms with Gasteiger partial charge in [0.05, 0.1) is 0 Å². The smallest absolute Gasteiger partial charge is 0.0250 e. The molecule has 3 unspecified atom stereocenters.